The van der Waals surface area contributed by atoms with Gasteiger partial charge in [0.25, 0.3) is 0 Å². The molecule has 182 valence electrons. The molecule has 5 heterocycles. The molecule has 8 nitrogen and oxygen atoms in total. The molecule has 6 rings (SSSR count). The van der Waals surface area contributed by atoms with Crippen LogP contribution < -0.4 is 15.1 Å². The van der Waals surface area contributed by atoms with Gasteiger partial charge >= 0.3 is 0 Å². The molecule has 0 radical (unpaired) electrons. The van der Waals surface area contributed by atoms with E-state index in [0.717, 1.165) is 55.6 Å². The molecular formula is C27H32N6O2. The number of pyridine rings is 1. The summed E-state index contributed by atoms with van der Waals surface area (Å²) in [6, 6.07) is 14.6. The molecule has 0 aliphatic carbocycles. The molecule has 0 bridgehead atoms. The van der Waals surface area contributed by atoms with E-state index in [0.29, 0.717) is 12.6 Å². The third kappa shape index (κ3) is 4.00. The first-order valence-electron chi connectivity index (χ1n) is 12.3. The van der Waals surface area contributed by atoms with Crippen LogP contribution in [0.4, 0.5) is 29.0 Å². The molecule has 0 saturated carbocycles. The van der Waals surface area contributed by atoms with Crippen LogP contribution >= 0.6 is 0 Å². The molecule has 2 saturated heterocycles. The maximum Gasteiger partial charge on any atom is 0.229 e. The van der Waals surface area contributed by atoms with E-state index in [1.165, 1.54) is 5.69 Å². The van der Waals surface area contributed by atoms with E-state index in [1.807, 2.05) is 24.5 Å². The van der Waals surface area contributed by atoms with Crippen molar-refractivity contribution in [1.29, 1.82) is 0 Å². The average Bonchev–Trinajstić information content (AvgIpc) is 3.12. The predicted molar refractivity (Wildman–Crippen MR) is 137 cm³/mol. The Morgan fingerprint density at radius 1 is 1.00 bits per heavy atom. The molecular weight excluding hydrogens is 440 g/mol. The number of aromatic nitrogens is 3. The van der Waals surface area contributed by atoms with Crippen molar-refractivity contribution in [3.63, 3.8) is 0 Å². The maximum atomic E-state index is 6.28. The largest absolute Gasteiger partial charge is 0.378 e. The summed E-state index contributed by atoms with van der Waals surface area (Å²) in [6.45, 7) is 10.6. The Morgan fingerprint density at radius 3 is 2.54 bits per heavy atom. The molecule has 2 atom stereocenters. The zero-order valence-corrected chi connectivity index (χ0v) is 20.6. The van der Waals surface area contributed by atoms with Gasteiger partial charge < -0.3 is 24.6 Å². The molecule has 8 heteroatoms. The van der Waals surface area contributed by atoms with Gasteiger partial charge in [-0.25, -0.2) is 9.97 Å². The van der Waals surface area contributed by atoms with E-state index in [-0.39, 0.29) is 17.1 Å². The predicted octanol–water partition coefficient (Wildman–Crippen LogP) is 4.43. The molecule has 0 unspecified atom stereocenters. The van der Waals surface area contributed by atoms with Gasteiger partial charge in [0.15, 0.2) is 0 Å². The number of anilines is 5. The minimum atomic E-state index is -0.212. The standard InChI is InChI=1S/C27H32N6O2/c1-26(2)16-22-27(3,18-35-26)21-17-29-25(31-24(21)33(22)23-6-4-5-11-28-23)30-19-7-9-20(10-8-19)32-12-14-34-15-13-32/h4-11,17,22H,12-16,18H2,1-3H3,(H,29,30,31)/t22-,27-/m0/s1. The number of fused-ring (bicyclic) bond motifs is 3. The van der Waals surface area contributed by atoms with Crippen molar-refractivity contribution in [3.05, 3.63) is 60.4 Å². The highest BCUT2D eigenvalue weighted by molar-refractivity contribution is 5.71. The van der Waals surface area contributed by atoms with Gasteiger partial charge in [-0.1, -0.05) is 13.0 Å². The Morgan fingerprint density at radius 2 is 1.80 bits per heavy atom. The summed E-state index contributed by atoms with van der Waals surface area (Å²) in [5, 5.41) is 3.40. The number of nitrogens with zero attached hydrogens (tertiary/aromatic N) is 5. The number of benzene rings is 1. The van der Waals surface area contributed by atoms with Crippen LogP contribution in [-0.2, 0) is 14.9 Å². The Bertz CT molecular complexity index is 1200. The fourth-order valence-electron chi connectivity index (χ4n) is 5.46. The third-order valence-corrected chi connectivity index (χ3v) is 7.50. The Kier molecular flexibility index (Phi) is 5.38. The Balaban J connectivity index is 1.32. The monoisotopic (exact) mass is 472 g/mol. The summed E-state index contributed by atoms with van der Waals surface area (Å²) in [5.41, 5.74) is 2.85. The van der Waals surface area contributed by atoms with E-state index in [9.17, 15) is 0 Å². The van der Waals surface area contributed by atoms with E-state index < -0.39 is 0 Å². The normalized spacial score (nSPS) is 25.2. The van der Waals surface area contributed by atoms with Crippen molar-refractivity contribution < 1.29 is 9.47 Å². The highest BCUT2D eigenvalue weighted by Crippen LogP contribution is 2.52. The van der Waals surface area contributed by atoms with Gasteiger partial charge in [0.1, 0.15) is 11.6 Å². The van der Waals surface area contributed by atoms with E-state index in [1.54, 1.807) is 0 Å². The van der Waals surface area contributed by atoms with Crippen LogP contribution in [0.2, 0.25) is 0 Å². The number of nitrogens with one attached hydrogen (secondary N) is 1. The van der Waals surface area contributed by atoms with Crippen LogP contribution in [0.3, 0.4) is 0 Å². The van der Waals surface area contributed by atoms with Crippen molar-refractivity contribution in [2.45, 2.75) is 44.2 Å². The zero-order valence-electron chi connectivity index (χ0n) is 20.6. The first-order valence-corrected chi connectivity index (χ1v) is 12.3. The van der Waals surface area contributed by atoms with E-state index >= 15 is 0 Å². The average molecular weight is 473 g/mol. The summed E-state index contributed by atoms with van der Waals surface area (Å²) in [6.07, 6.45) is 4.68. The summed E-state index contributed by atoms with van der Waals surface area (Å²) in [5.74, 6) is 2.38. The third-order valence-electron chi connectivity index (χ3n) is 7.50. The number of ether oxygens (including phenoxy) is 2. The quantitative estimate of drug-likeness (QED) is 0.598. The molecule has 1 N–H and O–H groups in total. The topological polar surface area (TPSA) is 75.6 Å². The maximum absolute atomic E-state index is 6.28. The Labute approximate surface area is 206 Å². The number of rotatable bonds is 4. The van der Waals surface area contributed by atoms with Crippen molar-refractivity contribution >= 4 is 29.0 Å². The molecule has 35 heavy (non-hydrogen) atoms. The van der Waals surface area contributed by atoms with Crippen molar-refractivity contribution in [2.24, 2.45) is 0 Å². The van der Waals surface area contributed by atoms with Gasteiger partial charge in [-0.3, -0.25) is 0 Å². The number of hydrogen-bond donors (Lipinski definition) is 1. The second kappa shape index (κ2) is 8.46. The lowest BCUT2D eigenvalue weighted by atomic mass is 9.73. The number of morpholine rings is 1. The summed E-state index contributed by atoms with van der Waals surface area (Å²) in [4.78, 5) is 19.0. The van der Waals surface area contributed by atoms with Gasteiger partial charge in [0, 0.05) is 47.8 Å². The summed E-state index contributed by atoms with van der Waals surface area (Å²) < 4.78 is 11.7. The van der Waals surface area contributed by atoms with Crippen LogP contribution in [0.25, 0.3) is 0 Å². The molecule has 3 aliphatic heterocycles. The SMILES string of the molecule is CC1(C)C[C@@H]2N(c3ccccn3)c3nc(Nc4ccc(N5CCOCC5)cc4)ncc3[C@]2(C)CO1. The molecule has 2 aromatic heterocycles. The molecule has 0 spiro atoms. The van der Waals surface area contributed by atoms with Gasteiger partial charge in [-0.2, -0.15) is 4.98 Å². The van der Waals surface area contributed by atoms with Crippen LogP contribution in [0.5, 0.6) is 0 Å². The van der Waals surface area contributed by atoms with Crippen LogP contribution in [0, 0.1) is 0 Å². The highest BCUT2D eigenvalue weighted by atomic mass is 16.5. The van der Waals surface area contributed by atoms with Gasteiger partial charge in [0.2, 0.25) is 5.95 Å². The van der Waals surface area contributed by atoms with Crippen molar-refractivity contribution in [3.8, 4) is 0 Å². The smallest absolute Gasteiger partial charge is 0.229 e. The van der Waals surface area contributed by atoms with Crippen molar-refractivity contribution in [1.82, 2.24) is 15.0 Å². The second-order valence-electron chi connectivity index (χ2n) is 10.4. The minimum absolute atomic E-state index is 0.188. The minimum Gasteiger partial charge on any atom is -0.378 e. The summed E-state index contributed by atoms with van der Waals surface area (Å²) in [7, 11) is 0. The molecule has 2 fully saturated rings. The van der Waals surface area contributed by atoms with Gasteiger partial charge in [0.05, 0.1) is 31.5 Å². The number of hydrogen-bond acceptors (Lipinski definition) is 8. The molecule has 3 aliphatic rings. The van der Waals surface area contributed by atoms with E-state index in [2.05, 4.69) is 71.2 Å². The highest BCUT2D eigenvalue weighted by Gasteiger charge is 2.55. The lowest BCUT2D eigenvalue weighted by molar-refractivity contribution is -0.0893. The first-order chi connectivity index (χ1) is 16.9. The molecule has 3 aromatic rings. The van der Waals surface area contributed by atoms with Crippen molar-refractivity contribution in [2.75, 3.05) is 48.0 Å². The summed E-state index contributed by atoms with van der Waals surface area (Å²) >= 11 is 0. The fourth-order valence-corrected chi connectivity index (χ4v) is 5.46. The second-order valence-corrected chi connectivity index (χ2v) is 10.4. The lowest BCUT2D eigenvalue weighted by Crippen LogP contribution is -2.54. The molecule has 1 aromatic carbocycles. The van der Waals surface area contributed by atoms with Crippen LogP contribution in [0.15, 0.2) is 54.9 Å². The van der Waals surface area contributed by atoms with Gasteiger partial charge in [-0.15, -0.1) is 0 Å². The fraction of sp³-hybridized carbons (Fsp3) is 0.444. The zero-order chi connectivity index (χ0) is 24.0. The Hall–Kier alpha value is -3.23. The van der Waals surface area contributed by atoms with E-state index in [4.69, 9.17) is 19.4 Å². The van der Waals surface area contributed by atoms with Crippen LogP contribution in [0.1, 0.15) is 32.8 Å². The van der Waals surface area contributed by atoms with Crippen LogP contribution in [-0.4, -0.2) is 59.5 Å². The first kappa shape index (κ1) is 22.2. The van der Waals surface area contributed by atoms with Gasteiger partial charge in [-0.05, 0) is 56.7 Å². The lowest BCUT2D eigenvalue weighted by Gasteiger charge is -2.46. The molecule has 0 amide bonds.